The van der Waals surface area contributed by atoms with Crippen LogP contribution >= 0.6 is 22.6 Å². The number of ether oxygens (including phenoxy) is 2. The van der Waals surface area contributed by atoms with Crippen molar-refractivity contribution in [1.29, 1.82) is 0 Å². The molecule has 11 heteroatoms. The highest BCUT2D eigenvalue weighted by Crippen LogP contribution is 2.36. The number of nitro groups is 1. The topological polar surface area (TPSA) is 128 Å². The third-order valence-corrected chi connectivity index (χ3v) is 7.05. The molecule has 2 aromatic rings. The van der Waals surface area contributed by atoms with Crippen LogP contribution in [0.4, 0.5) is 10.5 Å². The molecule has 0 aromatic heterocycles. The monoisotopic (exact) mass is 619 g/mol. The van der Waals surface area contributed by atoms with E-state index in [9.17, 15) is 24.5 Å². The molecule has 1 aliphatic carbocycles. The predicted molar refractivity (Wildman–Crippen MR) is 143 cm³/mol. The highest BCUT2D eigenvalue weighted by molar-refractivity contribution is 14.1. The highest BCUT2D eigenvalue weighted by Gasteiger charge is 2.40. The van der Waals surface area contributed by atoms with Crippen LogP contribution in [0, 0.1) is 13.7 Å². The number of carbonyl (C=O) groups is 3. The van der Waals surface area contributed by atoms with Crippen molar-refractivity contribution in [2.24, 2.45) is 0 Å². The SMILES string of the molecule is CCOc1cc(C=C2C(=O)NC(=O)N(C3CCCCC3)C2=O)cc(I)c1OCc1ccc([N+](=O)[O-])cc1. The molecule has 0 bridgehead atoms. The Morgan fingerprint density at radius 1 is 1.11 bits per heavy atom. The van der Waals surface area contributed by atoms with Crippen LogP contribution in [0.2, 0.25) is 0 Å². The molecule has 1 saturated heterocycles. The summed E-state index contributed by atoms with van der Waals surface area (Å²) >= 11 is 2.08. The minimum Gasteiger partial charge on any atom is -0.490 e. The molecular formula is C26H26IN3O7. The third-order valence-electron chi connectivity index (χ3n) is 6.25. The van der Waals surface area contributed by atoms with Crippen LogP contribution in [0.15, 0.2) is 42.0 Å². The number of amides is 4. The number of rotatable bonds is 8. The quantitative estimate of drug-likeness (QED) is 0.145. The fourth-order valence-corrected chi connectivity index (χ4v) is 5.23. The predicted octanol–water partition coefficient (Wildman–Crippen LogP) is 4.97. The van der Waals surface area contributed by atoms with Crippen molar-refractivity contribution >= 4 is 52.2 Å². The zero-order chi connectivity index (χ0) is 26.5. The molecule has 1 N–H and O–H groups in total. The van der Waals surface area contributed by atoms with Gasteiger partial charge in [0.2, 0.25) is 0 Å². The lowest BCUT2D eigenvalue weighted by molar-refractivity contribution is -0.384. The summed E-state index contributed by atoms with van der Waals surface area (Å²) in [7, 11) is 0. The van der Waals surface area contributed by atoms with Gasteiger partial charge < -0.3 is 9.47 Å². The van der Waals surface area contributed by atoms with Gasteiger partial charge in [-0.1, -0.05) is 19.3 Å². The lowest BCUT2D eigenvalue weighted by atomic mass is 9.93. The molecule has 0 radical (unpaired) electrons. The van der Waals surface area contributed by atoms with Gasteiger partial charge in [-0.05, 0) is 83.8 Å². The van der Waals surface area contributed by atoms with E-state index >= 15 is 0 Å². The zero-order valence-corrected chi connectivity index (χ0v) is 22.4. The van der Waals surface area contributed by atoms with E-state index in [2.05, 4.69) is 27.9 Å². The first-order valence-electron chi connectivity index (χ1n) is 12.0. The molecule has 2 aliphatic rings. The summed E-state index contributed by atoms with van der Waals surface area (Å²) in [5.74, 6) is -0.422. The number of nitrogens with one attached hydrogen (secondary N) is 1. The maximum Gasteiger partial charge on any atom is 0.331 e. The Morgan fingerprint density at radius 2 is 1.81 bits per heavy atom. The van der Waals surface area contributed by atoms with Gasteiger partial charge in [0.05, 0.1) is 15.1 Å². The lowest BCUT2D eigenvalue weighted by Crippen LogP contribution is -2.58. The summed E-state index contributed by atoms with van der Waals surface area (Å²) in [6.45, 7) is 2.34. The molecule has 2 fully saturated rings. The number of hydrogen-bond donors (Lipinski definition) is 1. The summed E-state index contributed by atoms with van der Waals surface area (Å²) in [6, 6.07) is 8.61. The second-order valence-corrected chi connectivity index (χ2v) is 9.92. The zero-order valence-electron chi connectivity index (χ0n) is 20.2. The molecule has 194 valence electrons. The molecule has 2 aromatic carbocycles. The number of nitro benzene ring substituents is 1. The van der Waals surface area contributed by atoms with E-state index < -0.39 is 22.8 Å². The smallest absolute Gasteiger partial charge is 0.331 e. The molecule has 37 heavy (non-hydrogen) atoms. The van der Waals surface area contributed by atoms with E-state index in [0.717, 1.165) is 37.7 Å². The summed E-state index contributed by atoms with van der Waals surface area (Å²) in [5.41, 5.74) is 1.18. The van der Waals surface area contributed by atoms with E-state index in [4.69, 9.17) is 9.47 Å². The first-order chi connectivity index (χ1) is 17.8. The van der Waals surface area contributed by atoms with E-state index in [-0.39, 0.29) is 23.9 Å². The van der Waals surface area contributed by atoms with Crippen LogP contribution in [0.1, 0.15) is 50.2 Å². The molecule has 1 saturated carbocycles. The van der Waals surface area contributed by atoms with Crippen LogP contribution < -0.4 is 14.8 Å². The van der Waals surface area contributed by atoms with E-state index in [1.54, 1.807) is 24.3 Å². The number of imide groups is 2. The van der Waals surface area contributed by atoms with Crippen molar-refractivity contribution < 1.29 is 28.8 Å². The van der Waals surface area contributed by atoms with Crippen LogP contribution in [0.5, 0.6) is 11.5 Å². The first kappa shape index (κ1) is 26.6. The lowest BCUT2D eigenvalue weighted by Gasteiger charge is -2.35. The fraction of sp³-hybridized carbons (Fsp3) is 0.346. The Kier molecular flexibility index (Phi) is 8.41. The number of carbonyl (C=O) groups excluding carboxylic acids is 3. The fourth-order valence-electron chi connectivity index (χ4n) is 4.45. The molecule has 1 aliphatic heterocycles. The van der Waals surface area contributed by atoms with E-state index in [1.807, 2.05) is 6.92 Å². The van der Waals surface area contributed by atoms with Gasteiger partial charge in [-0.2, -0.15) is 0 Å². The number of nitrogens with zero attached hydrogens (tertiary/aromatic N) is 2. The van der Waals surface area contributed by atoms with E-state index in [0.29, 0.717) is 27.2 Å². The van der Waals surface area contributed by atoms with Gasteiger partial charge in [0, 0.05) is 18.2 Å². The van der Waals surface area contributed by atoms with Gasteiger partial charge in [0.15, 0.2) is 11.5 Å². The molecule has 4 amide bonds. The highest BCUT2D eigenvalue weighted by atomic mass is 127. The number of barbiturate groups is 1. The number of urea groups is 1. The Bertz CT molecular complexity index is 1250. The molecule has 0 unspecified atom stereocenters. The van der Waals surface area contributed by atoms with Gasteiger partial charge in [-0.3, -0.25) is 29.9 Å². The molecule has 1 heterocycles. The van der Waals surface area contributed by atoms with Crippen molar-refractivity contribution in [2.45, 2.75) is 51.7 Å². The Hall–Kier alpha value is -3.48. The second-order valence-electron chi connectivity index (χ2n) is 8.76. The van der Waals surface area contributed by atoms with Gasteiger partial charge >= 0.3 is 6.03 Å². The average Bonchev–Trinajstić information content (AvgIpc) is 2.87. The standard InChI is InChI=1S/C26H26IN3O7/c1-2-36-22-14-17(13-21(27)23(22)37-15-16-8-10-19(11-9-16)30(34)35)12-20-24(31)28-26(33)29(25(20)32)18-6-4-3-5-7-18/h8-14,18H,2-7,15H2,1H3,(H,28,31,33). The summed E-state index contributed by atoms with van der Waals surface area (Å²) in [4.78, 5) is 49.9. The van der Waals surface area contributed by atoms with Gasteiger partial charge in [0.25, 0.3) is 17.5 Å². The molecule has 0 spiro atoms. The summed E-state index contributed by atoms with van der Waals surface area (Å²) in [6.07, 6.45) is 5.86. The van der Waals surface area contributed by atoms with Crippen LogP contribution in [-0.4, -0.2) is 40.3 Å². The largest absolute Gasteiger partial charge is 0.490 e. The Labute approximate surface area is 227 Å². The van der Waals surface area contributed by atoms with Crippen LogP contribution in [-0.2, 0) is 16.2 Å². The summed E-state index contributed by atoms with van der Waals surface area (Å²) in [5, 5.41) is 13.2. The normalized spacial score (nSPS) is 17.6. The minimum absolute atomic E-state index is 0.00391. The third kappa shape index (κ3) is 6.09. The maximum absolute atomic E-state index is 13.2. The van der Waals surface area contributed by atoms with Crippen LogP contribution in [0.3, 0.4) is 0 Å². The maximum atomic E-state index is 13.2. The van der Waals surface area contributed by atoms with Crippen molar-refractivity contribution in [1.82, 2.24) is 10.2 Å². The average molecular weight is 619 g/mol. The Balaban J connectivity index is 1.59. The van der Waals surface area contributed by atoms with E-state index in [1.165, 1.54) is 23.1 Å². The Morgan fingerprint density at radius 3 is 2.46 bits per heavy atom. The van der Waals surface area contributed by atoms with Gasteiger partial charge in [-0.15, -0.1) is 0 Å². The van der Waals surface area contributed by atoms with Crippen molar-refractivity contribution in [2.75, 3.05) is 6.61 Å². The van der Waals surface area contributed by atoms with Gasteiger partial charge in [-0.25, -0.2) is 4.79 Å². The number of halogens is 1. The van der Waals surface area contributed by atoms with Crippen LogP contribution in [0.25, 0.3) is 6.08 Å². The van der Waals surface area contributed by atoms with Gasteiger partial charge in [0.1, 0.15) is 12.2 Å². The number of benzene rings is 2. The number of hydrogen-bond acceptors (Lipinski definition) is 7. The molecule has 10 nitrogen and oxygen atoms in total. The first-order valence-corrected chi connectivity index (χ1v) is 13.1. The summed E-state index contributed by atoms with van der Waals surface area (Å²) < 4.78 is 12.4. The minimum atomic E-state index is -0.728. The molecular weight excluding hydrogens is 593 g/mol. The molecule has 4 rings (SSSR count). The number of non-ortho nitro benzene ring substituents is 1. The molecule has 0 atom stereocenters. The van der Waals surface area contributed by atoms with Crippen molar-refractivity contribution in [3.63, 3.8) is 0 Å². The second kappa shape index (κ2) is 11.7. The van der Waals surface area contributed by atoms with Crippen molar-refractivity contribution in [3.05, 3.63) is 66.8 Å². The van der Waals surface area contributed by atoms with Crippen molar-refractivity contribution in [3.8, 4) is 11.5 Å².